The van der Waals surface area contributed by atoms with Crippen LogP contribution in [0.1, 0.15) is 24.0 Å². The van der Waals surface area contributed by atoms with E-state index in [1.807, 2.05) is 30.1 Å². The van der Waals surface area contributed by atoms with Crippen molar-refractivity contribution in [3.63, 3.8) is 0 Å². The summed E-state index contributed by atoms with van der Waals surface area (Å²) in [6.07, 6.45) is 4.34. The topological polar surface area (TPSA) is 60.5 Å². The van der Waals surface area contributed by atoms with Crippen molar-refractivity contribution in [3.05, 3.63) is 53.7 Å². The van der Waals surface area contributed by atoms with E-state index >= 15 is 0 Å². The number of thioether (sulfide) groups is 1. The van der Waals surface area contributed by atoms with Crippen LogP contribution in [0.3, 0.4) is 0 Å². The lowest BCUT2D eigenvalue weighted by Gasteiger charge is -2.28. The molecule has 1 aromatic carbocycles. The van der Waals surface area contributed by atoms with E-state index in [2.05, 4.69) is 49.7 Å². The van der Waals surface area contributed by atoms with Gasteiger partial charge in [0.2, 0.25) is 0 Å². The minimum Gasteiger partial charge on any atom is -0.370 e. The van der Waals surface area contributed by atoms with Crippen molar-refractivity contribution in [2.24, 2.45) is 0 Å². The summed E-state index contributed by atoms with van der Waals surface area (Å²) < 4.78 is 0. The van der Waals surface area contributed by atoms with Gasteiger partial charge >= 0.3 is 6.03 Å². The Kier molecular flexibility index (Phi) is 6.77. The third kappa shape index (κ3) is 5.56. The average Bonchev–Trinajstić information content (AvgIpc) is 3.33. The summed E-state index contributed by atoms with van der Waals surface area (Å²) in [5, 5.41) is 5.84. The first-order valence-electron chi connectivity index (χ1n) is 10.4. The molecule has 154 valence electrons. The highest BCUT2D eigenvalue weighted by atomic mass is 32.2. The molecule has 0 spiro atoms. The van der Waals surface area contributed by atoms with Gasteiger partial charge in [0.1, 0.15) is 5.82 Å². The molecule has 2 aliphatic rings. The monoisotopic (exact) mass is 411 g/mol. The number of carbonyl (C=O) groups excluding carboxylic acids is 1. The molecule has 0 saturated carbocycles. The molecule has 2 saturated heterocycles. The Balaban J connectivity index is 1.19. The molecule has 7 heteroatoms. The van der Waals surface area contributed by atoms with E-state index in [0.29, 0.717) is 13.1 Å². The third-order valence-corrected chi connectivity index (χ3v) is 6.40. The van der Waals surface area contributed by atoms with Crippen LogP contribution in [0, 0.1) is 0 Å². The lowest BCUT2D eigenvalue weighted by molar-refractivity contribution is 0.240. The van der Waals surface area contributed by atoms with Gasteiger partial charge in [-0.05, 0) is 42.2 Å². The number of benzene rings is 1. The maximum Gasteiger partial charge on any atom is 0.315 e. The number of amides is 2. The van der Waals surface area contributed by atoms with Crippen LogP contribution >= 0.6 is 11.8 Å². The van der Waals surface area contributed by atoms with Gasteiger partial charge in [0.05, 0.1) is 0 Å². The number of urea groups is 1. The van der Waals surface area contributed by atoms with E-state index in [1.165, 1.54) is 30.0 Å². The quantitative estimate of drug-likeness (QED) is 0.764. The van der Waals surface area contributed by atoms with E-state index in [4.69, 9.17) is 0 Å². The fourth-order valence-electron chi connectivity index (χ4n) is 3.73. The molecule has 0 radical (unpaired) electrons. The highest BCUT2D eigenvalue weighted by molar-refractivity contribution is 7.99. The summed E-state index contributed by atoms with van der Waals surface area (Å²) in [5.74, 6) is 3.42. The maximum atomic E-state index is 12.1. The van der Waals surface area contributed by atoms with Crippen LogP contribution < -0.4 is 20.4 Å². The molecule has 6 nitrogen and oxygen atoms in total. The first-order valence-corrected chi connectivity index (χ1v) is 11.6. The molecule has 3 heterocycles. The third-order valence-electron chi connectivity index (χ3n) is 5.46. The van der Waals surface area contributed by atoms with Crippen molar-refractivity contribution < 1.29 is 4.79 Å². The van der Waals surface area contributed by atoms with Gasteiger partial charge in [0.15, 0.2) is 0 Å². The number of carbonyl (C=O) groups is 1. The van der Waals surface area contributed by atoms with Gasteiger partial charge in [-0.15, -0.1) is 0 Å². The minimum atomic E-state index is -0.161. The van der Waals surface area contributed by atoms with Crippen molar-refractivity contribution >= 4 is 29.3 Å². The van der Waals surface area contributed by atoms with Gasteiger partial charge in [-0.25, -0.2) is 9.78 Å². The Morgan fingerprint density at radius 3 is 2.17 bits per heavy atom. The zero-order valence-corrected chi connectivity index (χ0v) is 17.6. The summed E-state index contributed by atoms with van der Waals surface area (Å²) in [7, 11) is 0. The molecule has 4 rings (SSSR count). The molecule has 29 heavy (non-hydrogen) atoms. The number of rotatable bonds is 6. The van der Waals surface area contributed by atoms with Crippen molar-refractivity contribution in [1.82, 2.24) is 15.6 Å². The largest absolute Gasteiger partial charge is 0.370 e. The van der Waals surface area contributed by atoms with Crippen LogP contribution in [0.2, 0.25) is 0 Å². The van der Waals surface area contributed by atoms with Gasteiger partial charge < -0.3 is 20.4 Å². The highest BCUT2D eigenvalue weighted by Gasteiger charge is 2.13. The van der Waals surface area contributed by atoms with E-state index in [-0.39, 0.29) is 6.03 Å². The average molecular weight is 412 g/mol. The molecule has 2 aliphatic heterocycles. The number of nitrogens with zero attached hydrogens (tertiary/aromatic N) is 3. The smallest absolute Gasteiger partial charge is 0.315 e. The standard InChI is InChI=1S/C22H29N5OS/c28-22(25-17-19-5-8-21(23-16-19)27-9-1-2-10-27)24-15-18-3-6-20(7-4-18)26-11-13-29-14-12-26/h3-8,16H,1-2,9-15,17H2,(H2,24,25,28). The van der Waals surface area contributed by atoms with Crippen LogP contribution in [0.25, 0.3) is 0 Å². The summed E-state index contributed by atoms with van der Waals surface area (Å²) >= 11 is 2.01. The molecule has 2 aromatic rings. The van der Waals surface area contributed by atoms with Gasteiger partial charge in [-0.1, -0.05) is 18.2 Å². The number of aromatic nitrogens is 1. The van der Waals surface area contributed by atoms with Crippen LogP contribution in [0.5, 0.6) is 0 Å². The van der Waals surface area contributed by atoms with Crippen LogP contribution in [0.15, 0.2) is 42.6 Å². The first kappa shape index (κ1) is 19.9. The van der Waals surface area contributed by atoms with Crippen molar-refractivity contribution in [2.75, 3.05) is 47.5 Å². The summed E-state index contributed by atoms with van der Waals surface area (Å²) in [4.78, 5) is 21.4. The number of hydrogen-bond acceptors (Lipinski definition) is 5. The lowest BCUT2D eigenvalue weighted by atomic mass is 10.2. The second-order valence-corrected chi connectivity index (χ2v) is 8.75. The second kappa shape index (κ2) is 9.87. The molecule has 0 bridgehead atoms. The predicted octanol–water partition coefficient (Wildman–Crippen LogP) is 3.23. The SMILES string of the molecule is O=C(NCc1ccc(N2CCSCC2)cc1)NCc1ccc(N2CCCC2)nc1. The Hall–Kier alpha value is -2.41. The maximum absolute atomic E-state index is 12.1. The van der Waals surface area contributed by atoms with Crippen molar-refractivity contribution in [1.29, 1.82) is 0 Å². The molecule has 1 aromatic heterocycles. The molecule has 2 fully saturated rings. The number of hydrogen-bond donors (Lipinski definition) is 2. The molecule has 2 amide bonds. The van der Waals surface area contributed by atoms with Gasteiger partial charge in [0.25, 0.3) is 0 Å². The van der Waals surface area contributed by atoms with E-state index < -0.39 is 0 Å². The second-order valence-electron chi connectivity index (χ2n) is 7.52. The van der Waals surface area contributed by atoms with Crippen LogP contribution in [0.4, 0.5) is 16.3 Å². The van der Waals surface area contributed by atoms with Gasteiger partial charge in [-0.2, -0.15) is 11.8 Å². The molecule has 0 unspecified atom stereocenters. The van der Waals surface area contributed by atoms with Gasteiger partial charge in [0, 0.05) is 62.7 Å². The normalized spacial score (nSPS) is 16.7. The lowest BCUT2D eigenvalue weighted by Crippen LogP contribution is -2.34. The Labute approximate surface area is 177 Å². The van der Waals surface area contributed by atoms with Gasteiger partial charge in [-0.3, -0.25) is 0 Å². The number of anilines is 2. The molecular formula is C22H29N5OS. The molecule has 0 atom stereocenters. The van der Waals surface area contributed by atoms with E-state index in [9.17, 15) is 4.79 Å². The summed E-state index contributed by atoms with van der Waals surface area (Å²) in [5.41, 5.74) is 3.38. The Morgan fingerprint density at radius 1 is 0.862 bits per heavy atom. The van der Waals surface area contributed by atoms with Crippen LogP contribution in [-0.4, -0.2) is 48.7 Å². The first-order chi connectivity index (χ1) is 14.3. The van der Waals surface area contributed by atoms with E-state index in [1.54, 1.807) is 0 Å². The highest BCUT2D eigenvalue weighted by Crippen LogP contribution is 2.20. The Morgan fingerprint density at radius 2 is 1.52 bits per heavy atom. The van der Waals surface area contributed by atoms with Crippen molar-refractivity contribution in [2.45, 2.75) is 25.9 Å². The zero-order chi connectivity index (χ0) is 19.9. The van der Waals surface area contributed by atoms with E-state index in [0.717, 1.165) is 43.1 Å². The zero-order valence-electron chi connectivity index (χ0n) is 16.8. The summed E-state index contributed by atoms with van der Waals surface area (Å²) in [6, 6.07) is 12.4. The van der Waals surface area contributed by atoms with Crippen molar-refractivity contribution in [3.8, 4) is 0 Å². The molecular weight excluding hydrogens is 382 g/mol. The summed E-state index contributed by atoms with van der Waals surface area (Å²) in [6.45, 7) is 5.40. The Bertz CT molecular complexity index is 784. The molecule has 2 N–H and O–H groups in total. The number of nitrogens with one attached hydrogen (secondary N) is 2. The number of pyridine rings is 1. The fraction of sp³-hybridized carbons (Fsp3) is 0.455. The fourth-order valence-corrected chi connectivity index (χ4v) is 4.63. The minimum absolute atomic E-state index is 0.161. The molecule has 0 aliphatic carbocycles. The predicted molar refractivity (Wildman–Crippen MR) is 121 cm³/mol. The van der Waals surface area contributed by atoms with Crippen LogP contribution in [-0.2, 0) is 13.1 Å².